The van der Waals surface area contributed by atoms with Crippen LogP contribution in [0.25, 0.3) is 0 Å². The molecule has 2 nitrogen and oxygen atoms in total. The number of hydrogen-bond donors (Lipinski definition) is 0. The van der Waals surface area contributed by atoms with Crippen molar-refractivity contribution >= 4 is 34.2 Å². The van der Waals surface area contributed by atoms with Crippen molar-refractivity contribution in [2.45, 2.75) is 38.5 Å². The van der Waals surface area contributed by atoms with Gasteiger partial charge in [0.2, 0.25) is 0 Å². The van der Waals surface area contributed by atoms with Crippen LogP contribution in [0, 0.1) is 3.57 Å². The molecule has 0 saturated heterocycles. The molecule has 1 heterocycles. The molecule has 0 spiro atoms. The Hall–Kier alpha value is -0.680. The molecular formula is C16H16ClIN2. The maximum atomic E-state index is 6.32. The average molecular weight is 399 g/mol. The fourth-order valence-corrected chi connectivity index (χ4v) is 3.80. The van der Waals surface area contributed by atoms with Crippen LogP contribution in [0.1, 0.15) is 49.3 Å². The Labute approximate surface area is 138 Å². The quantitative estimate of drug-likeness (QED) is 0.513. The van der Waals surface area contributed by atoms with E-state index in [2.05, 4.69) is 72.6 Å². The van der Waals surface area contributed by atoms with E-state index in [9.17, 15) is 0 Å². The van der Waals surface area contributed by atoms with Gasteiger partial charge in [0.15, 0.2) is 0 Å². The molecule has 0 bridgehead atoms. The van der Waals surface area contributed by atoms with Gasteiger partial charge < -0.3 is 0 Å². The summed E-state index contributed by atoms with van der Waals surface area (Å²) in [7, 11) is 0. The zero-order chi connectivity index (χ0) is 14.5. The first kappa shape index (κ1) is 14.3. The van der Waals surface area contributed by atoms with E-state index in [0.717, 1.165) is 21.5 Å². The predicted octanol–water partition coefficient (Wildman–Crippen LogP) is 4.72. The van der Waals surface area contributed by atoms with Gasteiger partial charge in [0, 0.05) is 11.3 Å². The Balaban J connectivity index is 2.07. The molecule has 1 aromatic heterocycles. The van der Waals surface area contributed by atoms with Gasteiger partial charge in [0.25, 0.3) is 0 Å². The maximum absolute atomic E-state index is 6.32. The summed E-state index contributed by atoms with van der Waals surface area (Å²) in [6, 6.07) is 8.49. The number of benzene rings is 1. The van der Waals surface area contributed by atoms with E-state index in [0.29, 0.717) is 11.1 Å². The molecule has 104 valence electrons. The molecule has 1 unspecified atom stereocenters. The molecule has 0 fully saturated rings. The molecule has 1 aliphatic rings. The zero-order valence-corrected chi connectivity index (χ0v) is 14.7. The summed E-state index contributed by atoms with van der Waals surface area (Å²) < 4.78 is 0.966. The highest BCUT2D eigenvalue weighted by Gasteiger charge is 2.32. The molecule has 4 heteroatoms. The Morgan fingerprint density at radius 3 is 2.55 bits per heavy atom. The van der Waals surface area contributed by atoms with Crippen molar-refractivity contribution in [2.24, 2.45) is 0 Å². The topological polar surface area (TPSA) is 25.8 Å². The monoisotopic (exact) mass is 398 g/mol. The minimum absolute atomic E-state index is 0.0267. The third kappa shape index (κ3) is 2.35. The number of halogens is 2. The second-order valence-corrected chi connectivity index (χ2v) is 7.68. The normalized spacial score (nSPS) is 17.6. The SMILES string of the molecule is CC(C)(C)c1nc(C2Cc3ccccc32)nc(Cl)c1I. The van der Waals surface area contributed by atoms with Gasteiger partial charge in [-0.3, -0.25) is 0 Å². The lowest BCUT2D eigenvalue weighted by atomic mass is 9.77. The molecule has 1 aliphatic carbocycles. The Morgan fingerprint density at radius 1 is 1.20 bits per heavy atom. The van der Waals surface area contributed by atoms with Crippen molar-refractivity contribution in [3.8, 4) is 0 Å². The summed E-state index contributed by atoms with van der Waals surface area (Å²) in [4.78, 5) is 9.34. The van der Waals surface area contributed by atoms with Crippen LogP contribution in [0.4, 0.5) is 0 Å². The van der Waals surface area contributed by atoms with Gasteiger partial charge in [-0.1, -0.05) is 56.6 Å². The van der Waals surface area contributed by atoms with Crippen LogP contribution in [0.2, 0.25) is 5.15 Å². The van der Waals surface area contributed by atoms with Crippen molar-refractivity contribution < 1.29 is 0 Å². The van der Waals surface area contributed by atoms with E-state index in [1.54, 1.807) is 0 Å². The Morgan fingerprint density at radius 2 is 1.90 bits per heavy atom. The van der Waals surface area contributed by atoms with E-state index in [1.165, 1.54) is 11.1 Å². The molecule has 1 aromatic carbocycles. The molecule has 2 aromatic rings. The van der Waals surface area contributed by atoms with E-state index in [4.69, 9.17) is 16.6 Å². The number of rotatable bonds is 1. The van der Waals surface area contributed by atoms with Gasteiger partial charge in [0.1, 0.15) is 11.0 Å². The standard InChI is InChI=1S/C16H16ClIN2/c1-16(2,3)13-12(18)14(17)20-15(19-13)11-8-9-6-4-5-7-10(9)11/h4-7,11H,8H2,1-3H3. The molecule has 0 amide bonds. The van der Waals surface area contributed by atoms with Gasteiger partial charge in [-0.15, -0.1) is 0 Å². The minimum atomic E-state index is -0.0267. The molecule has 20 heavy (non-hydrogen) atoms. The van der Waals surface area contributed by atoms with Crippen LogP contribution in [0.3, 0.4) is 0 Å². The third-order valence-corrected chi connectivity index (χ3v) is 5.32. The number of hydrogen-bond acceptors (Lipinski definition) is 2. The second kappa shape index (κ2) is 4.95. The molecular weight excluding hydrogens is 383 g/mol. The molecule has 3 rings (SSSR count). The Kier molecular flexibility index (Phi) is 3.53. The van der Waals surface area contributed by atoms with Crippen LogP contribution < -0.4 is 0 Å². The molecule has 0 N–H and O–H groups in total. The van der Waals surface area contributed by atoms with Crippen LogP contribution in [-0.4, -0.2) is 9.97 Å². The van der Waals surface area contributed by atoms with Crippen LogP contribution >= 0.6 is 34.2 Å². The first-order chi connectivity index (χ1) is 9.38. The predicted molar refractivity (Wildman–Crippen MR) is 90.4 cm³/mol. The first-order valence-electron chi connectivity index (χ1n) is 6.69. The number of nitrogens with zero attached hydrogens (tertiary/aromatic N) is 2. The van der Waals surface area contributed by atoms with Crippen LogP contribution in [0.15, 0.2) is 24.3 Å². The van der Waals surface area contributed by atoms with Gasteiger partial charge in [0.05, 0.1) is 9.26 Å². The maximum Gasteiger partial charge on any atom is 0.146 e. The zero-order valence-electron chi connectivity index (χ0n) is 11.7. The van der Waals surface area contributed by atoms with E-state index in [1.807, 2.05) is 0 Å². The van der Waals surface area contributed by atoms with E-state index < -0.39 is 0 Å². The average Bonchev–Trinajstić information content (AvgIpc) is 2.33. The van der Waals surface area contributed by atoms with Crippen molar-refractivity contribution in [1.29, 1.82) is 0 Å². The molecule has 0 radical (unpaired) electrons. The highest BCUT2D eigenvalue weighted by Crippen LogP contribution is 2.40. The molecule has 1 atom stereocenters. The van der Waals surface area contributed by atoms with Crippen LogP contribution in [-0.2, 0) is 11.8 Å². The van der Waals surface area contributed by atoms with Crippen molar-refractivity contribution in [1.82, 2.24) is 9.97 Å². The second-order valence-electron chi connectivity index (χ2n) is 6.24. The highest BCUT2D eigenvalue weighted by atomic mass is 127. The molecule has 0 aliphatic heterocycles. The lowest BCUT2D eigenvalue weighted by Crippen LogP contribution is -2.24. The summed E-state index contributed by atoms with van der Waals surface area (Å²) in [6.45, 7) is 6.48. The first-order valence-corrected chi connectivity index (χ1v) is 8.15. The van der Waals surface area contributed by atoms with Crippen molar-refractivity contribution in [2.75, 3.05) is 0 Å². The van der Waals surface area contributed by atoms with Crippen molar-refractivity contribution in [3.63, 3.8) is 0 Å². The number of aromatic nitrogens is 2. The van der Waals surface area contributed by atoms with E-state index in [-0.39, 0.29) is 5.41 Å². The summed E-state index contributed by atoms with van der Waals surface area (Å²) in [5.41, 5.74) is 3.75. The van der Waals surface area contributed by atoms with E-state index >= 15 is 0 Å². The van der Waals surface area contributed by atoms with Gasteiger partial charge in [-0.2, -0.15) is 0 Å². The minimum Gasteiger partial charge on any atom is -0.235 e. The largest absolute Gasteiger partial charge is 0.235 e. The summed E-state index contributed by atoms with van der Waals surface area (Å²) in [5, 5.41) is 0.574. The third-order valence-electron chi connectivity index (χ3n) is 3.70. The summed E-state index contributed by atoms with van der Waals surface area (Å²) in [6.07, 6.45) is 1.01. The van der Waals surface area contributed by atoms with Crippen molar-refractivity contribution in [3.05, 3.63) is 55.6 Å². The lowest BCUT2D eigenvalue weighted by molar-refractivity contribution is 0.548. The summed E-state index contributed by atoms with van der Waals surface area (Å²) >= 11 is 8.56. The van der Waals surface area contributed by atoms with Gasteiger partial charge in [-0.05, 0) is 40.1 Å². The smallest absolute Gasteiger partial charge is 0.146 e. The lowest BCUT2D eigenvalue weighted by Gasteiger charge is -2.30. The summed E-state index contributed by atoms with van der Waals surface area (Å²) in [5.74, 6) is 1.15. The fraction of sp³-hybridized carbons (Fsp3) is 0.375. The Bertz CT molecular complexity index is 677. The number of fused-ring (bicyclic) bond motifs is 1. The van der Waals surface area contributed by atoms with Gasteiger partial charge in [-0.25, -0.2) is 9.97 Å². The van der Waals surface area contributed by atoms with Gasteiger partial charge >= 0.3 is 0 Å². The van der Waals surface area contributed by atoms with Crippen LogP contribution in [0.5, 0.6) is 0 Å². The fourth-order valence-electron chi connectivity index (χ4n) is 2.58. The highest BCUT2D eigenvalue weighted by molar-refractivity contribution is 14.1. The molecule has 0 saturated carbocycles.